The Morgan fingerprint density at radius 3 is 2.41 bits per heavy atom. The maximum atomic E-state index is 13.5. The van der Waals surface area contributed by atoms with E-state index in [-0.39, 0.29) is 23.1 Å². The highest BCUT2D eigenvalue weighted by atomic mass is 16.5. The number of hydrogen-bond donors (Lipinski definition) is 2. The fourth-order valence-electron chi connectivity index (χ4n) is 4.10. The number of ketones is 1. The van der Waals surface area contributed by atoms with Crippen LogP contribution in [0.2, 0.25) is 0 Å². The number of nitrogen functional groups attached to an aromatic ring is 2. The van der Waals surface area contributed by atoms with Crippen LogP contribution in [0.1, 0.15) is 36.5 Å². The van der Waals surface area contributed by atoms with E-state index in [0.717, 1.165) is 22.6 Å². The SMILES string of the molecule is CCC(=O)c1cnc(N)nc1N.CCc1nc2cccc(-c3ccnc(OC)c3)c2c(=O)n1-c1ccccc1. The van der Waals surface area contributed by atoms with Gasteiger partial charge in [-0.2, -0.15) is 4.98 Å². The molecule has 3 aromatic heterocycles. The predicted octanol–water partition coefficient (Wildman–Crippen LogP) is 4.25. The van der Waals surface area contributed by atoms with Gasteiger partial charge in [0, 0.05) is 31.3 Å². The molecule has 5 aromatic rings. The first-order valence-corrected chi connectivity index (χ1v) is 12.4. The number of methoxy groups -OCH3 is 1. The molecule has 0 spiro atoms. The van der Waals surface area contributed by atoms with Gasteiger partial charge in [0.05, 0.1) is 29.3 Å². The number of aryl methyl sites for hydroxylation is 1. The Bertz CT molecular complexity index is 1680. The average molecular weight is 524 g/mol. The summed E-state index contributed by atoms with van der Waals surface area (Å²) in [5, 5.41) is 0.590. The molecule has 0 unspecified atom stereocenters. The molecule has 39 heavy (non-hydrogen) atoms. The van der Waals surface area contributed by atoms with Gasteiger partial charge in [0.1, 0.15) is 11.6 Å². The van der Waals surface area contributed by atoms with E-state index in [1.165, 1.54) is 6.20 Å². The second-order valence-corrected chi connectivity index (χ2v) is 8.45. The average Bonchev–Trinajstić information content (AvgIpc) is 2.97. The van der Waals surface area contributed by atoms with Gasteiger partial charge in [-0.25, -0.2) is 15.0 Å². The molecule has 0 saturated carbocycles. The predicted molar refractivity (Wildman–Crippen MR) is 152 cm³/mol. The maximum Gasteiger partial charge on any atom is 0.266 e. The van der Waals surface area contributed by atoms with Crippen molar-refractivity contribution in [3.8, 4) is 22.7 Å². The lowest BCUT2D eigenvalue weighted by molar-refractivity contribution is 0.0988. The number of nitrogens with two attached hydrogens (primary N) is 2. The number of Topliss-reactive ketones (excluding diaryl/α,β-unsaturated/α-hetero) is 1. The molecule has 0 aliphatic heterocycles. The highest BCUT2D eigenvalue weighted by Crippen LogP contribution is 2.28. The van der Waals surface area contributed by atoms with Crippen molar-refractivity contribution in [2.45, 2.75) is 26.7 Å². The second kappa shape index (κ2) is 12.0. The summed E-state index contributed by atoms with van der Waals surface area (Å²) in [5.74, 6) is 1.40. The van der Waals surface area contributed by atoms with Crippen LogP contribution in [0, 0.1) is 0 Å². The number of carbonyl (C=O) groups is 1. The zero-order valence-corrected chi connectivity index (χ0v) is 22.0. The molecule has 0 amide bonds. The minimum absolute atomic E-state index is 0.0746. The van der Waals surface area contributed by atoms with Crippen molar-refractivity contribution in [2.24, 2.45) is 0 Å². The number of carbonyl (C=O) groups excluding carboxylic acids is 1. The molecule has 0 saturated heterocycles. The number of anilines is 2. The van der Waals surface area contributed by atoms with Crippen molar-refractivity contribution in [1.29, 1.82) is 0 Å². The van der Waals surface area contributed by atoms with Crippen molar-refractivity contribution in [1.82, 2.24) is 24.5 Å². The van der Waals surface area contributed by atoms with Crippen molar-refractivity contribution < 1.29 is 9.53 Å². The molecular formula is C29H29N7O3. The quantitative estimate of drug-likeness (QED) is 0.311. The first-order valence-electron chi connectivity index (χ1n) is 12.4. The van der Waals surface area contributed by atoms with Gasteiger partial charge in [0.25, 0.3) is 5.56 Å². The molecule has 198 valence electrons. The number of fused-ring (bicyclic) bond motifs is 1. The van der Waals surface area contributed by atoms with E-state index >= 15 is 0 Å². The molecule has 0 bridgehead atoms. The Labute approximate surface area is 225 Å². The summed E-state index contributed by atoms with van der Waals surface area (Å²) in [6.07, 6.45) is 4.07. The van der Waals surface area contributed by atoms with Gasteiger partial charge >= 0.3 is 0 Å². The number of nitrogens with zero attached hydrogens (tertiary/aromatic N) is 5. The van der Waals surface area contributed by atoms with Crippen LogP contribution in [0.3, 0.4) is 0 Å². The van der Waals surface area contributed by atoms with Crippen LogP contribution in [0.5, 0.6) is 5.88 Å². The Balaban J connectivity index is 0.000000247. The minimum atomic E-state index is -0.0764. The lowest BCUT2D eigenvalue weighted by Gasteiger charge is -2.14. The molecule has 10 nitrogen and oxygen atoms in total. The van der Waals surface area contributed by atoms with Crippen molar-refractivity contribution >= 4 is 28.5 Å². The first kappa shape index (κ1) is 26.9. The molecular weight excluding hydrogens is 494 g/mol. The van der Waals surface area contributed by atoms with Crippen LogP contribution in [0.15, 0.2) is 77.9 Å². The summed E-state index contributed by atoms with van der Waals surface area (Å²) in [4.78, 5) is 41.0. The van der Waals surface area contributed by atoms with Crippen LogP contribution >= 0.6 is 0 Å². The van der Waals surface area contributed by atoms with Crippen molar-refractivity contribution in [3.63, 3.8) is 0 Å². The highest BCUT2D eigenvalue weighted by molar-refractivity contribution is 5.99. The smallest absolute Gasteiger partial charge is 0.266 e. The zero-order chi connectivity index (χ0) is 27.9. The van der Waals surface area contributed by atoms with Gasteiger partial charge in [-0.3, -0.25) is 14.2 Å². The number of benzene rings is 2. The van der Waals surface area contributed by atoms with Gasteiger partial charge in [-0.05, 0) is 35.4 Å². The number of ether oxygens (including phenoxy) is 1. The lowest BCUT2D eigenvalue weighted by Crippen LogP contribution is -2.24. The molecule has 0 atom stereocenters. The van der Waals surface area contributed by atoms with E-state index in [1.54, 1.807) is 24.8 Å². The van der Waals surface area contributed by atoms with Crippen LogP contribution in [-0.2, 0) is 6.42 Å². The molecule has 10 heteroatoms. The second-order valence-electron chi connectivity index (χ2n) is 8.45. The van der Waals surface area contributed by atoms with Gasteiger partial charge in [0.2, 0.25) is 11.8 Å². The lowest BCUT2D eigenvalue weighted by atomic mass is 10.0. The van der Waals surface area contributed by atoms with Gasteiger partial charge in [-0.1, -0.05) is 44.2 Å². The van der Waals surface area contributed by atoms with E-state index in [2.05, 4.69) is 15.0 Å². The number of para-hydroxylation sites is 1. The summed E-state index contributed by atoms with van der Waals surface area (Å²) in [6, 6.07) is 19.1. The number of pyridine rings is 1. The first-order chi connectivity index (χ1) is 18.9. The molecule has 0 aliphatic carbocycles. The fourth-order valence-corrected chi connectivity index (χ4v) is 4.10. The Kier molecular flexibility index (Phi) is 8.25. The maximum absolute atomic E-state index is 13.5. The van der Waals surface area contributed by atoms with Gasteiger partial charge in [-0.15, -0.1) is 0 Å². The number of hydrogen-bond acceptors (Lipinski definition) is 9. The van der Waals surface area contributed by atoms with E-state index in [4.69, 9.17) is 21.2 Å². The molecule has 5 rings (SSSR count). The number of aromatic nitrogens is 5. The van der Waals surface area contributed by atoms with Gasteiger partial charge in [0.15, 0.2) is 5.78 Å². The summed E-state index contributed by atoms with van der Waals surface area (Å²) >= 11 is 0. The molecule has 0 aliphatic rings. The molecule has 4 N–H and O–H groups in total. The van der Waals surface area contributed by atoms with Crippen molar-refractivity contribution in [3.05, 3.63) is 94.8 Å². The van der Waals surface area contributed by atoms with E-state index in [1.807, 2.05) is 67.6 Å². The molecule has 3 heterocycles. The highest BCUT2D eigenvalue weighted by Gasteiger charge is 2.16. The van der Waals surface area contributed by atoms with E-state index < -0.39 is 0 Å². The van der Waals surface area contributed by atoms with Crippen LogP contribution in [0.4, 0.5) is 11.8 Å². The molecule has 0 fully saturated rings. The summed E-state index contributed by atoms with van der Waals surface area (Å²) in [7, 11) is 1.58. The third kappa shape index (κ3) is 5.74. The topological polar surface area (TPSA) is 152 Å². The van der Waals surface area contributed by atoms with Crippen LogP contribution in [0.25, 0.3) is 27.7 Å². The standard InChI is InChI=1S/C22H19N3O2.C7H10N4O/c1-3-19-24-18-11-7-10-17(15-12-13-23-20(14-15)27-2)21(18)22(26)25(19)16-8-5-4-6-9-16;1-2-5(12)4-3-10-7(9)11-6(4)8/h4-14H,3H2,1-2H3;3H,2H2,1H3,(H4,8,9,10,11). The zero-order valence-electron chi connectivity index (χ0n) is 22.0. The number of rotatable bonds is 6. The Morgan fingerprint density at radius 1 is 0.974 bits per heavy atom. The largest absolute Gasteiger partial charge is 0.481 e. The van der Waals surface area contributed by atoms with E-state index in [0.29, 0.717) is 35.2 Å². The summed E-state index contributed by atoms with van der Waals surface area (Å²) < 4.78 is 6.94. The summed E-state index contributed by atoms with van der Waals surface area (Å²) in [6.45, 7) is 3.75. The molecule has 2 aromatic carbocycles. The minimum Gasteiger partial charge on any atom is -0.481 e. The fraction of sp³-hybridized carbons (Fsp3) is 0.172. The van der Waals surface area contributed by atoms with Crippen LogP contribution < -0.4 is 21.8 Å². The third-order valence-corrected chi connectivity index (χ3v) is 6.01. The third-order valence-electron chi connectivity index (χ3n) is 6.01. The normalized spacial score (nSPS) is 10.5. The van der Waals surface area contributed by atoms with Gasteiger partial charge < -0.3 is 16.2 Å². The Hall–Kier alpha value is -5.12. The Morgan fingerprint density at radius 2 is 1.74 bits per heavy atom. The monoisotopic (exact) mass is 523 g/mol. The van der Waals surface area contributed by atoms with Crippen LogP contribution in [-0.4, -0.2) is 37.4 Å². The van der Waals surface area contributed by atoms with Crippen molar-refractivity contribution in [2.75, 3.05) is 18.6 Å². The summed E-state index contributed by atoms with van der Waals surface area (Å²) in [5.41, 5.74) is 14.2. The van der Waals surface area contributed by atoms with E-state index in [9.17, 15) is 9.59 Å². The molecule has 0 radical (unpaired) electrons.